The van der Waals surface area contributed by atoms with Crippen LogP contribution < -0.4 is 11.1 Å². The summed E-state index contributed by atoms with van der Waals surface area (Å²) in [5.41, 5.74) is 7.87. The third-order valence-electron chi connectivity index (χ3n) is 3.41. The van der Waals surface area contributed by atoms with Crippen LogP contribution in [0.4, 0.5) is 11.4 Å². The molecule has 16 heavy (non-hydrogen) atoms. The van der Waals surface area contributed by atoms with Gasteiger partial charge in [0.05, 0.1) is 11.4 Å². The van der Waals surface area contributed by atoms with Gasteiger partial charge in [0.15, 0.2) is 0 Å². The van der Waals surface area contributed by atoms with Gasteiger partial charge in [0.25, 0.3) is 0 Å². The average molecular weight is 239 g/mol. The quantitative estimate of drug-likeness (QED) is 0.763. The zero-order valence-corrected chi connectivity index (χ0v) is 10.5. The van der Waals surface area contributed by atoms with E-state index in [-0.39, 0.29) is 5.54 Å². The Balaban J connectivity index is 2.15. The number of benzene rings is 1. The van der Waals surface area contributed by atoms with Crippen LogP contribution in [0.1, 0.15) is 39.0 Å². The normalized spacial score (nSPS) is 19.4. The van der Waals surface area contributed by atoms with Crippen LogP contribution in [0.25, 0.3) is 0 Å². The number of halogens is 1. The molecule has 2 nitrogen and oxygen atoms in total. The molecule has 0 aromatic heterocycles. The maximum Gasteiger partial charge on any atom is 0.0593 e. The fourth-order valence-electron chi connectivity index (χ4n) is 2.42. The zero-order chi connectivity index (χ0) is 11.6. The number of hydrogen-bond acceptors (Lipinski definition) is 2. The van der Waals surface area contributed by atoms with Gasteiger partial charge in [-0.05, 0) is 38.0 Å². The van der Waals surface area contributed by atoms with Gasteiger partial charge in [-0.2, -0.15) is 0 Å². The molecule has 1 fully saturated rings. The first-order chi connectivity index (χ1) is 7.59. The van der Waals surface area contributed by atoms with Gasteiger partial charge < -0.3 is 11.1 Å². The fraction of sp³-hybridized carbons (Fsp3) is 0.538. The summed E-state index contributed by atoms with van der Waals surface area (Å²) in [4.78, 5) is 0. The van der Waals surface area contributed by atoms with Crippen molar-refractivity contribution in [3.05, 3.63) is 23.2 Å². The highest BCUT2D eigenvalue weighted by Gasteiger charge is 2.26. The molecule has 1 aromatic carbocycles. The number of nitrogens with one attached hydrogen (secondary N) is 1. The van der Waals surface area contributed by atoms with E-state index in [1.54, 1.807) is 0 Å². The van der Waals surface area contributed by atoms with Crippen LogP contribution in [-0.2, 0) is 0 Å². The Morgan fingerprint density at radius 3 is 2.62 bits per heavy atom. The molecule has 88 valence electrons. The second-order valence-corrected chi connectivity index (χ2v) is 5.41. The topological polar surface area (TPSA) is 38.0 Å². The van der Waals surface area contributed by atoms with E-state index in [9.17, 15) is 0 Å². The van der Waals surface area contributed by atoms with Crippen molar-refractivity contribution in [2.24, 2.45) is 0 Å². The first-order valence-electron chi connectivity index (χ1n) is 5.92. The summed E-state index contributed by atoms with van der Waals surface area (Å²) in [6.45, 7) is 2.27. The lowest BCUT2D eigenvalue weighted by Crippen LogP contribution is -2.36. The third kappa shape index (κ3) is 2.62. The standard InChI is InChI=1S/C13H19ClN2/c1-13(7-3-2-4-8-13)16-12-9-10(14)5-6-11(12)15/h5-6,9,16H,2-4,7-8,15H2,1H3. The van der Waals surface area contributed by atoms with Crippen molar-refractivity contribution in [2.45, 2.75) is 44.6 Å². The zero-order valence-electron chi connectivity index (χ0n) is 9.72. The molecule has 0 radical (unpaired) electrons. The minimum absolute atomic E-state index is 0.178. The molecule has 0 saturated heterocycles. The van der Waals surface area contributed by atoms with Crippen molar-refractivity contribution in [3.8, 4) is 0 Å². The highest BCUT2D eigenvalue weighted by molar-refractivity contribution is 6.31. The van der Waals surface area contributed by atoms with Gasteiger partial charge in [-0.25, -0.2) is 0 Å². The number of hydrogen-bond donors (Lipinski definition) is 2. The molecule has 0 heterocycles. The van der Waals surface area contributed by atoms with Gasteiger partial charge >= 0.3 is 0 Å². The first-order valence-corrected chi connectivity index (χ1v) is 6.30. The molecule has 0 bridgehead atoms. The van der Waals surface area contributed by atoms with E-state index in [1.807, 2.05) is 18.2 Å². The van der Waals surface area contributed by atoms with Crippen LogP contribution in [0.2, 0.25) is 5.02 Å². The van der Waals surface area contributed by atoms with Crippen molar-refractivity contribution in [2.75, 3.05) is 11.1 Å². The van der Waals surface area contributed by atoms with Crippen LogP contribution >= 0.6 is 11.6 Å². The molecule has 3 heteroatoms. The first kappa shape index (κ1) is 11.6. The molecule has 1 aromatic rings. The lowest BCUT2D eigenvalue weighted by Gasteiger charge is -2.36. The Morgan fingerprint density at radius 2 is 1.94 bits per heavy atom. The van der Waals surface area contributed by atoms with Gasteiger partial charge in [-0.3, -0.25) is 0 Å². The molecule has 0 atom stereocenters. The van der Waals surface area contributed by atoms with E-state index < -0.39 is 0 Å². The number of nitrogen functional groups attached to an aromatic ring is 1. The molecule has 0 amide bonds. The number of rotatable bonds is 2. The van der Waals surface area contributed by atoms with Crippen molar-refractivity contribution in [1.29, 1.82) is 0 Å². The highest BCUT2D eigenvalue weighted by atomic mass is 35.5. The Hall–Kier alpha value is -0.890. The van der Waals surface area contributed by atoms with Gasteiger partial charge in [0.1, 0.15) is 0 Å². The molecule has 1 aliphatic rings. The largest absolute Gasteiger partial charge is 0.397 e. The molecule has 1 saturated carbocycles. The second-order valence-electron chi connectivity index (χ2n) is 4.98. The Bertz CT molecular complexity index is 370. The third-order valence-corrected chi connectivity index (χ3v) is 3.64. The van der Waals surface area contributed by atoms with E-state index in [4.69, 9.17) is 17.3 Å². The molecule has 2 rings (SSSR count). The van der Waals surface area contributed by atoms with E-state index in [1.165, 1.54) is 32.1 Å². The van der Waals surface area contributed by atoms with Crippen molar-refractivity contribution < 1.29 is 0 Å². The average Bonchev–Trinajstić information content (AvgIpc) is 2.24. The monoisotopic (exact) mass is 238 g/mol. The molecule has 3 N–H and O–H groups in total. The summed E-state index contributed by atoms with van der Waals surface area (Å²) < 4.78 is 0. The summed E-state index contributed by atoms with van der Waals surface area (Å²) in [6, 6.07) is 5.60. The van der Waals surface area contributed by atoms with E-state index in [2.05, 4.69) is 12.2 Å². The summed E-state index contributed by atoms with van der Waals surface area (Å²) in [5.74, 6) is 0. The van der Waals surface area contributed by atoms with Crippen molar-refractivity contribution >= 4 is 23.0 Å². The van der Waals surface area contributed by atoms with E-state index in [0.717, 1.165) is 16.4 Å². The van der Waals surface area contributed by atoms with Crippen LogP contribution in [0.3, 0.4) is 0 Å². The van der Waals surface area contributed by atoms with Crippen LogP contribution in [0.15, 0.2) is 18.2 Å². The van der Waals surface area contributed by atoms with Gasteiger partial charge in [-0.1, -0.05) is 30.9 Å². The summed E-state index contributed by atoms with van der Waals surface area (Å²) in [7, 11) is 0. The Labute approximate surface area is 102 Å². The fourth-order valence-corrected chi connectivity index (χ4v) is 2.59. The van der Waals surface area contributed by atoms with Gasteiger partial charge in [-0.15, -0.1) is 0 Å². The van der Waals surface area contributed by atoms with Crippen LogP contribution in [-0.4, -0.2) is 5.54 Å². The molecule has 0 spiro atoms. The molecular weight excluding hydrogens is 220 g/mol. The minimum atomic E-state index is 0.178. The summed E-state index contributed by atoms with van der Waals surface area (Å²) in [6.07, 6.45) is 6.36. The van der Waals surface area contributed by atoms with E-state index >= 15 is 0 Å². The second kappa shape index (κ2) is 4.54. The molecular formula is C13H19ClN2. The molecule has 0 aliphatic heterocycles. The summed E-state index contributed by atoms with van der Waals surface area (Å²) in [5, 5.41) is 4.29. The lowest BCUT2D eigenvalue weighted by atomic mass is 9.83. The maximum absolute atomic E-state index is 5.98. The summed E-state index contributed by atoms with van der Waals surface area (Å²) >= 11 is 5.98. The predicted octanol–water partition coefficient (Wildman–Crippen LogP) is 4.06. The number of nitrogens with two attached hydrogens (primary N) is 1. The van der Waals surface area contributed by atoms with Crippen molar-refractivity contribution in [1.82, 2.24) is 0 Å². The predicted molar refractivity (Wildman–Crippen MR) is 71.0 cm³/mol. The van der Waals surface area contributed by atoms with E-state index in [0.29, 0.717) is 0 Å². The molecule has 1 aliphatic carbocycles. The van der Waals surface area contributed by atoms with Crippen molar-refractivity contribution in [3.63, 3.8) is 0 Å². The lowest BCUT2D eigenvalue weighted by molar-refractivity contribution is 0.349. The SMILES string of the molecule is CC1(Nc2cc(Cl)ccc2N)CCCCC1. The Morgan fingerprint density at radius 1 is 1.25 bits per heavy atom. The maximum atomic E-state index is 5.98. The molecule has 0 unspecified atom stereocenters. The smallest absolute Gasteiger partial charge is 0.0593 e. The Kier molecular flexibility index (Phi) is 3.29. The minimum Gasteiger partial charge on any atom is -0.397 e. The van der Waals surface area contributed by atoms with Gasteiger partial charge in [0.2, 0.25) is 0 Å². The van der Waals surface area contributed by atoms with Crippen LogP contribution in [0.5, 0.6) is 0 Å². The van der Waals surface area contributed by atoms with Gasteiger partial charge in [0, 0.05) is 10.6 Å². The number of anilines is 2. The highest BCUT2D eigenvalue weighted by Crippen LogP contribution is 2.33. The van der Waals surface area contributed by atoms with Crippen LogP contribution in [0, 0.1) is 0 Å².